The van der Waals surface area contributed by atoms with Crippen LogP contribution in [0.2, 0.25) is 0 Å². The zero-order valence-electron chi connectivity index (χ0n) is 8.01. The summed E-state index contributed by atoms with van der Waals surface area (Å²) in [4.78, 5) is 8.10. The SMILES string of the molecule is Cn1cnc([NH+]([O-])O)c1SC1=NCCS1. The average Bonchev–Trinajstić information content (AvgIpc) is 2.78. The van der Waals surface area contributed by atoms with Gasteiger partial charge in [0.25, 0.3) is 5.82 Å². The zero-order valence-corrected chi connectivity index (χ0v) is 9.64. The average molecular weight is 246 g/mol. The van der Waals surface area contributed by atoms with Gasteiger partial charge in [-0.15, -0.1) is 0 Å². The molecule has 0 fully saturated rings. The number of imidazole rings is 1. The predicted molar refractivity (Wildman–Crippen MR) is 59.6 cm³/mol. The van der Waals surface area contributed by atoms with Gasteiger partial charge in [0.05, 0.1) is 6.54 Å². The Kier molecular flexibility index (Phi) is 3.32. The highest BCUT2D eigenvalue weighted by molar-refractivity contribution is 8.39. The first-order chi connectivity index (χ1) is 7.18. The fraction of sp³-hybridized carbons (Fsp3) is 0.429. The quantitative estimate of drug-likeness (QED) is 0.719. The molecule has 1 aromatic rings. The van der Waals surface area contributed by atoms with Gasteiger partial charge in [-0.2, -0.15) is 10.2 Å². The maximum Gasteiger partial charge on any atom is 0.291 e. The molecule has 15 heavy (non-hydrogen) atoms. The molecule has 1 aliphatic rings. The van der Waals surface area contributed by atoms with E-state index >= 15 is 0 Å². The van der Waals surface area contributed by atoms with Crippen LogP contribution in [0.4, 0.5) is 5.82 Å². The highest BCUT2D eigenvalue weighted by atomic mass is 32.2. The molecule has 8 heteroatoms. The smallest absolute Gasteiger partial charge is 0.291 e. The summed E-state index contributed by atoms with van der Waals surface area (Å²) in [6, 6.07) is 0. The number of quaternary nitrogens is 1. The lowest BCUT2D eigenvalue weighted by Crippen LogP contribution is -2.99. The molecule has 0 spiro atoms. The number of aryl methyl sites for hydroxylation is 1. The van der Waals surface area contributed by atoms with E-state index in [1.165, 1.54) is 18.1 Å². The van der Waals surface area contributed by atoms with Crippen molar-refractivity contribution in [3.05, 3.63) is 11.5 Å². The second-order valence-electron chi connectivity index (χ2n) is 2.91. The van der Waals surface area contributed by atoms with Gasteiger partial charge in [-0.1, -0.05) is 11.8 Å². The molecule has 1 aromatic heterocycles. The van der Waals surface area contributed by atoms with Gasteiger partial charge in [-0.05, 0) is 11.8 Å². The maximum absolute atomic E-state index is 10.9. The van der Waals surface area contributed by atoms with Crippen LogP contribution in [0.3, 0.4) is 0 Å². The maximum atomic E-state index is 10.9. The Hall–Kier alpha value is -0.540. The van der Waals surface area contributed by atoms with Crippen molar-refractivity contribution in [1.29, 1.82) is 0 Å². The third kappa shape index (κ3) is 2.34. The van der Waals surface area contributed by atoms with Gasteiger partial charge >= 0.3 is 0 Å². The first-order valence-corrected chi connectivity index (χ1v) is 6.08. The van der Waals surface area contributed by atoms with Crippen molar-refractivity contribution in [1.82, 2.24) is 9.55 Å². The molecule has 1 atom stereocenters. The van der Waals surface area contributed by atoms with Crippen molar-refractivity contribution in [2.24, 2.45) is 12.0 Å². The summed E-state index contributed by atoms with van der Waals surface area (Å²) in [5.74, 6) is 1.07. The Morgan fingerprint density at radius 3 is 3.13 bits per heavy atom. The van der Waals surface area contributed by atoms with Crippen molar-refractivity contribution in [2.45, 2.75) is 5.03 Å². The van der Waals surface area contributed by atoms with Gasteiger partial charge in [0.1, 0.15) is 10.7 Å². The Bertz CT molecular complexity index is 390. The van der Waals surface area contributed by atoms with Crippen LogP contribution in [0, 0.1) is 5.21 Å². The van der Waals surface area contributed by atoms with E-state index in [2.05, 4.69) is 9.98 Å². The minimum atomic E-state index is -0.998. The molecule has 2 N–H and O–H groups in total. The first-order valence-electron chi connectivity index (χ1n) is 4.28. The third-order valence-electron chi connectivity index (χ3n) is 1.83. The predicted octanol–water partition coefficient (Wildman–Crippen LogP) is 0.0184. The highest BCUT2D eigenvalue weighted by Gasteiger charge is 2.19. The van der Waals surface area contributed by atoms with Crippen molar-refractivity contribution in [3.63, 3.8) is 0 Å². The van der Waals surface area contributed by atoms with Crippen molar-refractivity contribution in [2.75, 3.05) is 12.3 Å². The number of rotatable bonds is 2. The molecule has 0 radical (unpaired) electrons. The normalized spacial score (nSPS) is 17.9. The highest BCUT2D eigenvalue weighted by Crippen LogP contribution is 2.31. The van der Waals surface area contributed by atoms with Crippen LogP contribution in [-0.4, -0.2) is 31.4 Å². The minimum Gasteiger partial charge on any atom is -0.594 e. The molecule has 1 aliphatic heterocycles. The van der Waals surface area contributed by atoms with E-state index < -0.39 is 5.23 Å². The van der Waals surface area contributed by atoms with Crippen LogP contribution in [0.5, 0.6) is 0 Å². The van der Waals surface area contributed by atoms with Crippen molar-refractivity contribution >= 4 is 33.7 Å². The molecule has 0 aliphatic carbocycles. The Morgan fingerprint density at radius 2 is 2.53 bits per heavy atom. The van der Waals surface area contributed by atoms with E-state index in [0.29, 0.717) is 5.03 Å². The number of aliphatic imine (C=N–C) groups is 1. The van der Waals surface area contributed by atoms with Gasteiger partial charge < -0.3 is 9.77 Å². The lowest BCUT2D eigenvalue weighted by atomic mass is 10.8. The standard InChI is InChI=1S/C7H10N4O2S2/c1-10-4-9-5(11(12)13)6(10)15-7-8-2-3-14-7/h4,11-12H,2-3H2,1H3. The summed E-state index contributed by atoms with van der Waals surface area (Å²) in [6.07, 6.45) is 1.51. The van der Waals surface area contributed by atoms with Gasteiger partial charge in [-0.3, -0.25) is 4.99 Å². The van der Waals surface area contributed by atoms with Crippen molar-refractivity contribution < 1.29 is 10.4 Å². The monoisotopic (exact) mass is 246 g/mol. The molecular weight excluding hydrogens is 236 g/mol. The Balaban J connectivity index is 2.22. The van der Waals surface area contributed by atoms with Crippen LogP contribution in [-0.2, 0) is 7.05 Å². The molecule has 2 heterocycles. The number of nitrogens with zero attached hydrogens (tertiary/aromatic N) is 3. The number of hydrogen-bond acceptors (Lipinski definition) is 6. The first kappa shape index (κ1) is 11.0. The topological polar surface area (TPSA) is 77.9 Å². The molecule has 0 aromatic carbocycles. The molecule has 1 unspecified atom stereocenters. The minimum absolute atomic E-state index is 0.0951. The summed E-state index contributed by atoms with van der Waals surface area (Å²) in [7, 11) is 1.78. The van der Waals surface area contributed by atoms with E-state index in [-0.39, 0.29) is 5.82 Å². The summed E-state index contributed by atoms with van der Waals surface area (Å²) in [5, 5.41) is 19.4. The van der Waals surface area contributed by atoms with E-state index in [0.717, 1.165) is 16.7 Å². The van der Waals surface area contributed by atoms with Crippen LogP contribution < -0.4 is 5.23 Å². The number of aromatic nitrogens is 2. The molecule has 0 saturated carbocycles. The van der Waals surface area contributed by atoms with Crippen LogP contribution in [0.1, 0.15) is 0 Å². The van der Waals surface area contributed by atoms with Crippen molar-refractivity contribution in [3.8, 4) is 0 Å². The van der Waals surface area contributed by atoms with Crippen LogP contribution >= 0.6 is 23.5 Å². The molecule has 0 bridgehead atoms. The van der Waals surface area contributed by atoms with Gasteiger partial charge in [0.2, 0.25) is 0 Å². The molecule has 0 saturated heterocycles. The fourth-order valence-corrected chi connectivity index (χ4v) is 3.16. The summed E-state index contributed by atoms with van der Waals surface area (Å²) >= 11 is 3.02. The fourth-order valence-electron chi connectivity index (χ4n) is 1.15. The lowest BCUT2D eigenvalue weighted by Gasteiger charge is -2.10. The van der Waals surface area contributed by atoms with Gasteiger partial charge in [-0.25, -0.2) is 5.21 Å². The van der Waals surface area contributed by atoms with Gasteiger partial charge in [0.15, 0.2) is 5.03 Å². The third-order valence-corrected chi connectivity index (χ3v) is 4.17. The lowest BCUT2D eigenvalue weighted by molar-refractivity contribution is -0.994. The molecule has 6 nitrogen and oxygen atoms in total. The van der Waals surface area contributed by atoms with Gasteiger partial charge in [0, 0.05) is 12.8 Å². The second-order valence-corrected chi connectivity index (χ2v) is 5.23. The largest absolute Gasteiger partial charge is 0.594 e. The molecule has 0 amide bonds. The summed E-state index contributed by atoms with van der Waals surface area (Å²) in [6.45, 7) is 0.813. The number of hydrogen-bond donors (Lipinski definition) is 2. The molecule has 82 valence electrons. The molecular formula is C7H10N4O2S2. The van der Waals surface area contributed by atoms with E-state index in [4.69, 9.17) is 5.21 Å². The Morgan fingerprint density at radius 1 is 1.73 bits per heavy atom. The number of thioether (sulfide) groups is 2. The van der Waals surface area contributed by atoms with E-state index in [9.17, 15) is 5.21 Å². The summed E-state index contributed by atoms with van der Waals surface area (Å²) in [5.41, 5.74) is 0. The van der Waals surface area contributed by atoms with E-state index in [1.807, 2.05) is 0 Å². The molecule has 2 rings (SSSR count). The second kappa shape index (κ2) is 4.54. The zero-order chi connectivity index (χ0) is 10.8. The Labute approximate surface area is 94.9 Å². The van der Waals surface area contributed by atoms with Crippen LogP contribution in [0.15, 0.2) is 16.3 Å². The summed E-state index contributed by atoms with van der Waals surface area (Å²) < 4.78 is 2.62. The van der Waals surface area contributed by atoms with E-state index in [1.54, 1.807) is 23.4 Å². The van der Waals surface area contributed by atoms with Crippen LogP contribution in [0.25, 0.3) is 0 Å². The number of nitrogens with one attached hydrogen (secondary N) is 1.